The van der Waals surface area contributed by atoms with Crippen molar-refractivity contribution >= 4 is 51.3 Å². The van der Waals surface area contributed by atoms with Crippen molar-refractivity contribution in [2.24, 2.45) is 0 Å². The maximum Gasteiger partial charge on any atom is 0.294 e. The summed E-state index contributed by atoms with van der Waals surface area (Å²) in [7, 11) is 1.46. The monoisotopic (exact) mass is 490 g/mol. The number of aliphatic hydroxyl groups excluding tert-OH is 1. The van der Waals surface area contributed by atoms with Crippen LogP contribution in [0.15, 0.2) is 75.7 Å². The molecule has 1 amide bonds. The summed E-state index contributed by atoms with van der Waals surface area (Å²) in [4.78, 5) is 28.8. The Morgan fingerprint density at radius 3 is 2.65 bits per heavy atom. The molecular weight excluding hydrogens is 476 g/mol. The fraction of sp³-hybridized carbons (Fsp3) is 0.0800. The third-order valence-electron chi connectivity index (χ3n) is 5.53. The summed E-state index contributed by atoms with van der Waals surface area (Å²) in [5.41, 5.74) is 1.10. The van der Waals surface area contributed by atoms with E-state index in [1.165, 1.54) is 29.4 Å². The third-order valence-corrected chi connectivity index (χ3v) is 6.67. The lowest BCUT2D eigenvalue weighted by Crippen LogP contribution is -2.30. The number of anilines is 1. The predicted octanol–water partition coefficient (Wildman–Crippen LogP) is 5.81. The van der Waals surface area contributed by atoms with Crippen molar-refractivity contribution in [2.75, 3.05) is 12.0 Å². The van der Waals surface area contributed by atoms with Crippen molar-refractivity contribution in [3.05, 3.63) is 92.5 Å². The van der Waals surface area contributed by atoms with Crippen LogP contribution in [0.1, 0.15) is 27.0 Å². The highest BCUT2D eigenvalue weighted by Crippen LogP contribution is 2.44. The second-order valence-electron chi connectivity index (χ2n) is 7.48. The molecule has 2 aromatic carbocycles. The molecule has 0 radical (unpaired) electrons. The standard InChI is InChI=1S/C25H15ClN2O5S/c1-32-18-11-15(26)9-14-10-17(33-24(14)18)22(29)20-21(19-3-2-8-34-19)28(25(31)23(20)30)16-6-4-13(12-27)5-7-16/h2-11,21,30H,1H3. The number of carbonyl (C=O) groups is 2. The second-order valence-corrected chi connectivity index (χ2v) is 8.90. The Morgan fingerprint density at radius 2 is 2.00 bits per heavy atom. The van der Waals surface area contributed by atoms with E-state index in [1.807, 2.05) is 11.4 Å². The third kappa shape index (κ3) is 3.43. The van der Waals surface area contributed by atoms with Gasteiger partial charge in [-0.2, -0.15) is 5.26 Å². The molecule has 2 aromatic heterocycles. The Hall–Kier alpha value is -4.06. The Kier molecular flexibility index (Phi) is 5.36. The van der Waals surface area contributed by atoms with E-state index in [0.29, 0.717) is 37.9 Å². The molecular formula is C25H15ClN2O5S. The van der Waals surface area contributed by atoms with E-state index in [9.17, 15) is 14.7 Å². The highest BCUT2D eigenvalue weighted by atomic mass is 35.5. The van der Waals surface area contributed by atoms with Gasteiger partial charge in [0.2, 0.25) is 5.78 Å². The van der Waals surface area contributed by atoms with Gasteiger partial charge in [0.25, 0.3) is 5.91 Å². The first kappa shape index (κ1) is 21.8. The van der Waals surface area contributed by atoms with Crippen LogP contribution in [0.25, 0.3) is 11.0 Å². The molecule has 0 saturated heterocycles. The van der Waals surface area contributed by atoms with Gasteiger partial charge < -0.3 is 14.3 Å². The van der Waals surface area contributed by atoms with E-state index in [2.05, 4.69) is 0 Å². The fourth-order valence-corrected chi connectivity index (χ4v) is 5.04. The number of hydrogen-bond acceptors (Lipinski definition) is 7. The van der Waals surface area contributed by atoms with Crippen LogP contribution in [-0.2, 0) is 4.79 Å². The van der Waals surface area contributed by atoms with Crippen molar-refractivity contribution < 1.29 is 23.8 Å². The van der Waals surface area contributed by atoms with Gasteiger partial charge in [0.15, 0.2) is 22.9 Å². The van der Waals surface area contributed by atoms with Gasteiger partial charge in [-0.15, -0.1) is 11.3 Å². The van der Waals surface area contributed by atoms with E-state index >= 15 is 0 Å². The van der Waals surface area contributed by atoms with Gasteiger partial charge in [-0.1, -0.05) is 17.7 Å². The number of furan rings is 1. The number of halogens is 1. The summed E-state index contributed by atoms with van der Waals surface area (Å²) >= 11 is 7.48. The Balaban J connectivity index is 1.63. The lowest BCUT2D eigenvalue weighted by atomic mass is 10.00. The molecule has 4 aromatic rings. The average Bonchev–Trinajstić information content (AvgIpc) is 3.57. The molecule has 0 saturated carbocycles. The van der Waals surface area contributed by atoms with Crippen molar-refractivity contribution in [3.8, 4) is 11.8 Å². The predicted molar refractivity (Wildman–Crippen MR) is 127 cm³/mol. The number of ether oxygens (including phenoxy) is 1. The number of nitrogens with zero attached hydrogens (tertiary/aromatic N) is 2. The molecule has 1 atom stereocenters. The highest BCUT2D eigenvalue weighted by Gasteiger charge is 2.45. The summed E-state index contributed by atoms with van der Waals surface area (Å²) in [5, 5.41) is 22.7. The minimum Gasteiger partial charge on any atom is -0.503 e. The van der Waals surface area contributed by atoms with Crippen molar-refractivity contribution in [1.29, 1.82) is 5.26 Å². The first-order valence-corrected chi connectivity index (χ1v) is 11.3. The van der Waals surface area contributed by atoms with Crippen molar-refractivity contribution in [1.82, 2.24) is 0 Å². The smallest absolute Gasteiger partial charge is 0.294 e. The molecule has 1 N–H and O–H groups in total. The van der Waals surface area contributed by atoms with Crippen LogP contribution in [0.4, 0.5) is 5.69 Å². The number of aliphatic hydroxyl groups is 1. The van der Waals surface area contributed by atoms with Crippen LogP contribution in [0, 0.1) is 11.3 Å². The van der Waals surface area contributed by atoms with Crippen molar-refractivity contribution in [2.45, 2.75) is 6.04 Å². The number of nitriles is 1. The van der Waals surface area contributed by atoms with Crippen LogP contribution >= 0.6 is 22.9 Å². The first-order valence-electron chi connectivity index (χ1n) is 10.0. The molecule has 168 valence electrons. The number of benzene rings is 2. The first-order chi connectivity index (χ1) is 16.4. The topological polar surface area (TPSA) is 104 Å². The van der Waals surface area contributed by atoms with Gasteiger partial charge in [0.05, 0.1) is 24.3 Å². The van der Waals surface area contributed by atoms with Crippen LogP contribution < -0.4 is 9.64 Å². The summed E-state index contributed by atoms with van der Waals surface area (Å²) in [6.45, 7) is 0. The van der Waals surface area contributed by atoms with Crippen LogP contribution in [0.5, 0.6) is 5.75 Å². The minimum atomic E-state index is -0.869. The molecule has 7 nitrogen and oxygen atoms in total. The molecule has 1 unspecified atom stereocenters. The number of carbonyl (C=O) groups excluding carboxylic acids is 2. The van der Waals surface area contributed by atoms with E-state index in [4.69, 9.17) is 26.0 Å². The molecule has 0 spiro atoms. The number of ketones is 1. The molecule has 0 fully saturated rings. The maximum atomic E-state index is 13.6. The second kappa shape index (κ2) is 8.37. The summed E-state index contributed by atoms with van der Waals surface area (Å²) < 4.78 is 11.1. The summed E-state index contributed by atoms with van der Waals surface area (Å²) in [5.74, 6) is -1.71. The molecule has 1 aliphatic rings. The van der Waals surface area contributed by atoms with Crippen molar-refractivity contribution in [3.63, 3.8) is 0 Å². The number of hydrogen-bond donors (Lipinski definition) is 1. The van der Waals surface area contributed by atoms with E-state index in [0.717, 1.165) is 0 Å². The Labute approximate surface area is 202 Å². The lowest BCUT2D eigenvalue weighted by molar-refractivity contribution is -0.117. The number of methoxy groups -OCH3 is 1. The number of rotatable bonds is 5. The largest absolute Gasteiger partial charge is 0.503 e. The molecule has 5 rings (SSSR count). The number of thiophene rings is 1. The van der Waals surface area contributed by atoms with E-state index in [-0.39, 0.29) is 11.3 Å². The Morgan fingerprint density at radius 1 is 1.24 bits per heavy atom. The summed E-state index contributed by atoms with van der Waals surface area (Å²) in [6.07, 6.45) is 0. The molecule has 0 aliphatic carbocycles. The van der Waals surface area contributed by atoms with Gasteiger partial charge in [0, 0.05) is 27.0 Å². The van der Waals surface area contributed by atoms with Gasteiger partial charge in [0.1, 0.15) is 6.04 Å². The number of Topliss-reactive ketones (excluding diaryl/α,β-unsaturated/α-hetero) is 1. The molecule has 3 heterocycles. The zero-order valence-electron chi connectivity index (χ0n) is 17.6. The van der Waals surface area contributed by atoms with Crippen LogP contribution in [-0.4, -0.2) is 23.9 Å². The molecule has 0 bridgehead atoms. The van der Waals surface area contributed by atoms with Gasteiger partial charge >= 0.3 is 0 Å². The number of fused-ring (bicyclic) bond motifs is 1. The maximum absolute atomic E-state index is 13.6. The summed E-state index contributed by atoms with van der Waals surface area (Å²) in [6, 6.07) is 15.8. The van der Waals surface area contributed by atoms with E-state index in [1.54, 1.807) is 48.5 Å². The molecule has 9 heteroatoms. The lowest BCUT2D eigenvalue weighted by Gasteiger charge is -2.25. The fourth-order valence-electron chi connectivity index (χ4n) is 4.00. The number of amides is 1. The zero-order valence-corrected chi connectivity index (χ0v) is 19.2. The molecule has 1 aliphatic heterocycles. The normalized spacial score (nSPS) is 15.7. The van der Waals surface area contributed by atoms with Gasteiger partial charge in [-0.05, 0) is 47.8 Å². The highest BCUT2D eigenvalue weighted by molar-refractivity contribution is 7.10. The zero-order chi connectivity index (χ0) is 24.0. The SMILES string of the molecule is COc1cc(Cl)cc2cc(C(=O)C3=C(O)C(=O)N(c4ccc(C#N)cc4)C3c3cccs3)oc12. The minimum absolute atomic E-state index is 0.0619. The van der Waals surface area contributed by atoms with Crippen LogP contribution in [0.2, 0.25) is 5.02 Å². The Bertz CT molecular complexity index is 1510. The molecule has 34 heavy (non-hydrogen) atoms. The van der Waals surface area contributed by atoms with Crippen LogP contribution in [0.3, 0.4) is 0 Å². The quantitative estimate of drug-likeness (QED) is 0.354. The van der Waals surface area contributed by atoms with E-state index < -0.39 is 23.5 Å². The van der Waals surface area contributed by atoms with Gasteiger partial charge in [-0.25, -0.2) is 0 Å². The van der Waals surface area contributed by atoms with Gasteiger partial charge in [-0.3, -0.25) is 14.5 Å². The average molecular weight is 491 g/mol.